The van der Waals surface area contributed by atoms with Crippen molar-refractivity contribution >= 4 is 23.3 Å². The first kappa shape index (κ1) is 16.3. The second-order valence-electron chi connectivity index (χ2n) is 5.63. The molecule has 0 fully saturated rings. The largest absolute Gasteiger partial charge is 0.307 e. The SMILES string of the molecule is Cc1cc(C)n(C(C)C(=O)Nc2ccn(-c3ccccc3Cl)n2)n1. The Kier molecular flexibility index (Phi) is 4.40. The van der Waals surface area contributed by atoms with Crippen molar-refractivity contribution in [2.24, 2.45) is 0 Å². The summed E-state index contributed by atoms with van der Waals surface area (Å²) in [6, 6.07) is 10.6. The fraction of sp³-hybridized carbons (Fsp3) is 0.235. The van der Waals surface area contributed by atoms with Crippen molar-refractivity contribution in [1.29, 1.82) is 0 Å². The van der Waals surface area contributed by atoms with Crippen molar-refractivity contribution in [3.05, 3.63) is 59.0 Å². The van der Waals surface area contributed by atoms with E-state index in [0.29, 0.717) is 10.8 Å². The van der Waals surface area contributed by atoms with Crippen LogP contribution >= 0.6 is 11.6 Å². The lowest BCUT2D eigenvalue weighted by molar-refractivity contribution is -0.119. The third kappa shape index (κ3) is 3.19. The van der Waals surface area contributed by atoms with Gasteiger partial charge in [-0.1, -0.05) is 23.7 Å². The second-order valence-corrected chi connectivity index (χ2v) is 6.04. The molecule has 0 bridgehead atoms. The normalized spacial score (nSPS) is 12.2. The molecule has 1 aromatic carbocycles. The molecule has 6 nitrogen and oxygen atoms in total. The van der Waals surface area contributed by atoms with Crippen molar-refractivity contribution < 1.29 is 4.79 Å². The molecule has 0 aliphatic carbocycles. The minimum Gasteiger partial charge on any atom is -0.307 e. The molecule has 1 amide bonds. The minimum atomic E-state index is -0.427. The molecule has 0 aliphatic heterocycles. The maximum absolute atomic E-state index is 12.4. The van der Waals surface area contributed by atoms with Crippen LogP contribution in [0, 0.1) is 13.8 Å². The van der Waals surface area contributed by atoms with Gasteiger partial charge < -0.3 is 5.32 Å². The van der Waals surface area contributed by atoms with Crippen LogP contribution < -0.4 is 5.32 Å². The van der Waals surface area contributed by atoms with E-state index in [1.54, 1.807) is 34.6 Å². The van der Waals surface area contributed by atoms with E-state index in [1.165, 1.54) is 0 Å². The van der Waals surface area contributed by atoms with Gasteiger partial charge in [0, 0.05) is 18.0 Å². The zero-order chi connectivity index (χ0) is 17.3. The summed E-state index contributed by atoms with van der Waals surface area (Å²) >= 11 is 6.16. The number of halogens is 1. The summed E-state index contributed by atoms with van der Waals surface area (Å²) in [5.41, 5.74) is 2.58. The third-order valence-corrected chi connectivity index (χ3v) is 4.05. The van der Waals surface area contributed by atoms with Gasteiger partial charge in [-0.2, -0.15) is 10.2 Å². The minimum absolute atomic E-state index is 0.175. The molecule has 1 atom stereocenters. The molecule has 24 heavy (non-hydrogen) atoms. The number of hydrogen-bond donors (Lipinski definition) is 1. The Morgan fingerprint density at radius 3 is 2.62 bits per heavy atom. The quantitative estimate of drug-likeness (QED) is 0.788. The monoisotopic (exact) mass is 343 g/mol. The Balaban J connectivity index is 1.76. The fourth-order valence-electron chi connectivity index (χ4n) is 2.54. The van der Waals surface area contributed by atoms with Crippen LogP contribution in [-0.4, -0.2) is 25.5 Å². The highest BCUT2D eigenvalue weighted by Crippen LogP contribution is 2.20. The number of rotatable bonds is 4. The van der Waals surface area contributed by atoms with Gasteiger partial charge in [-0.15, -0.1) is 0 Å². The van der Waals surface area contributed by atoms with E-state index in [-0.39, 0.29) is 5.91 Å². The molecule has 0 radical (unpaired) electrons. The summed E-state index contributed by atoms with van der Waals surface area (Å²) in [7, 11) is 0. The van der Waals surface area contributed by atoms with Crippen LogP contribution in [0.5, 0.6) is 0 Å². The topological polar surface area (TPSA) is 64.7 Å². The van der Waals surface area contributed by atoms with Crippen LogP contribution in [0.1, 0.15) is 24.4 Å². The highest BCUT2D eigenvalue weighted by molar-refractivity contribution is 6.32. The van der Waals surface area contributed by atoms with Crippen molar-refractivity contribution in [2.75, 3.05) is 5.32 Å². The van der Waals surface area contributed by atoms with Gasteiger partial charge in [-0.3, -0.25) is 9.48 Å². The fourth-order valence-corrected chi connectivity index (χ4v) is 2.76. The van der Waals surface area contributed by atoms with Gasteiger partial charge in [-0.25, -0.2) is 4.68 Å². The molecule has 3 aromatic rings. The van der Waals surface area contributed by atoms with E-state index < -0.39 is 6.04 Å². The predicted molar refractivity (Wildman–Crippen MR) is 93.6 cm³/mol. The number of nitrogens with one attached hydrogen (secondary N) is 1. The molecular weight excluding hydrogens is 326 g/mol. The molecular formula is C17H18ClN5O. The van der Waals surface area contributed by atoms with E-state index in [9.17, 15) is 4.79 Å². The first-order valence-electron chi connectivity index (χ1n) is 7.60. The van der Waals surface area contributed by atoms with Crippen LogP contribution in [0.3, 0.4) is 0 Å². The molecule has 7 heteroatoms. The molecule has 0 aliphatic rings. The van der Waals surface area contributed by atoms with Crippen LogP contribution in [0.2, 0.25) is 5.02 Å². The van der Waals surface area contributed by atoms with Crippen LogP contribution in [0.25, 0.3) is 5.69 Å². The van der Waals surface area contributed by atoms with E-state index >= 15 is 0 Å². The van der Waals surface area contributed by atoms with Gasteiger partial charge in [0.05, 0.1) is 16.4 Å². The number of amides is 1. The number of anilines is 1. The van der Waals surface area contributed by atoms with Crippen molar-refractivity contribution in [1.82, 2.24) is 19.6 Å². The van der Waals surface area contributed by atoms with Gasteiger partial charge in [0.15, 0.2) is 5.82 Å². The van der Waals surface area contributed by atoms with Crippen LogP contribution in [0.4, 0.5) is 5.82 Å². The average molecular weight is 344 g/mol. The number of hydrogen-bond acceptors (Lipinski definition) is 3. The van der Waals surface area contributed by atoms with E-state index in [2.05, 4.69) is 15.5 Å². The highest BCUT2D eigenvalue weighted by atomic mass is 35.5. The summed E-state index contributed by atoms with van der Waals surface area (Å²) in [5, 5.41) is 12.1. The molecule has 2 aromatic heterocycles. The predicted octanol–water partition coefficient (Wildman–Crippen LogP) is 3.54. The summed E-state index contributed by atoms with van der Waals surface area (Å²) in [4.78, 5) is 12.4. The van der Waals surface area contributed by atoms with Gasteiger partial charge in [0.1, 0.15) is 6.04 Å². The second kappa shape index (κ2) is 6.49. The lowest BCUT2D eigenvalue weighted by atomic mass is 10.3. The Bertz CT molecular complexity index is 883. The van der Waals surface area contributed by atoms with Gasteiger partial charge in [-0.05, 0) is 39.0 Å². The first-order valence-corrected chi connectivity index (χ1v) is 7.97. The zero-order valence-corrected chi connectivity index (χ0v) is 14.4. The molecule has 1 unspecified atom stereocenters. The zero-order valence-electron chi connectivity index (χ0n) is 13.7. The van der Waals surface area contributed by atoms with Crippen molar-refractivity contribution in [3.63, 3.8) is 0 Å². The maximum Gasteiger partial charge on any atom is 0.250 e. The van der Waals surface area contributed by atoms with Crippen molar-refractivity contribution in [3.8, 4) is 5.69 Å². The summed E-state index contributed by atoms with van der Waals surface area (Å²) in [6.45, 7) is 5.63. The average Bonchev–Trinajstić information content (AvgIpc) is 3.13. The van der Waals surface area contributed by atoms with Gasteiger partial charge >= 0.3 is 0 Å². The van der Waals surface area contributed by atoms with Crippen molar-refractivity contribution in [2.45, 2.75) is 26.8 Å². The number of nitrogens with zero attached hydrogens (tertiary/aromatic N) is 4. The molecule has 2 heterocycles. The number of benzene rings is 1. The Morgan fingerprint density at radius 2 is 1.96 bits per heavy atom. The van der Waals surface area contributed by atoms with Crippen LogP contribution in [-0.2, 0) is 4.79 Å². The smallest absolute Gasteiger partial charge is 0.250 e. The Labute approximate surface area is 145 Å². The maximum atomic E-state index is 12.4. The van der Waals surface area contributed by atoms with E-state index in [1.807, 2.05) is 38.1 Å². The van der Waals surface area contributed by atoms with E-state index in [0.717, 1.165) is 17.1 Å². The van der Waals surface area contributed by atoms with Gasteiger partial charge in [0.25, 0.3) is 0 Å². The number of aromatic nitrogens is 4. The molecule has 0 saturated carbocycles. The Morgan fingerprint density at radius 1 is 1.21 bits per heavy atom. The molecule has 1 N–H and O–H groups in total. The lowest BCUT2D eigenvalue weighted by Gasteiger charge is -2.13. The summed E-state index contributed by atoms with van der Waals surface area (Å²) in [5.74, 6) is 0.291. The number of carbonyl (C=O) groups excluding carboxylic acids is 1. The molecule has 124 valence electrons. The highest BCUT2D eigenvalue weighted by Gasteiger charge is 2.19. The number of aryl methyl sites for hydroxylation is 2. The lowest BCUT2D eigenvalue weighted by Crippen LogP contribution is -2.25. The van der Waals surface area contributed by atoms with Crippen LogP contribution in [0.15, 0.2) is 42.6 Å². The number of carbonyl (C=O) groups is 1. The number of para-hydroxylation sites is 1. The summed E-state index contributed by atoms with van der Waals surface area (Å²) in [6.07, 6.45) is 1.75. The molecule has 0 spiro atoms. The first-order chi connectivity index (χ1) is 11.5. The Hall–Kier alpha value is -2.60. The molecule has 3 rings (SSSR count). The van der Waals surface area contributed by atoms with Gasteiger partial charge in [0.2, 0.25) is 5.91 Å². The molecule has 0 saturated heterocycles. The summed E-state index contributed by atoms with van der Waals surface area (Å²) < 4.78 is 3.33. The third-order valence-electron chi connectivity index (χ3n) is 3.73. The van der Waals surface area contributed by atoms with E-state index in [4.69, 9.17) is 11.6 Å². The standard InChI is InChI=1S/C17H18ClN5O/c1-11-10-12(2)23(20-11)13(3)17(24)19-16-8-9-22(21-16)15-7-5-4-6-14(15)18/h4-10,13H,1-3H3,(H,19,21,24).